The van der Waals surface area contributed by atoms with Gasteiger partial charge in [0, 0.05) is 34.7 Å². The van der Waals surface area contributed by atoms with Gasteiger partial charge in [-0.05, 0) is 35.6 Å². The van der Waals surface area contributed by atoms with Crippen LogP contribution in [0.5, 0.6) is 0 Å². The number of benzene rings is 3. The molecule has 1 aliphatic heterocycles. The smallest absolute Gasteiger partial charge is 0.172 e. The first kappa shape index (κ1) is 18.1. The second-order valence-corrected chi connectivity index (χ2v) is 7.68. The third-order valence-electron chi connectivity index (χ3n) is 5.54. The lowest BCUT2D eigenvalue weighted by atomic mass is 9.90. The highest BCUT2D eigenvalue weighted by Gasteiger charge is 2.34. The molecule has 1 aliphatic rings. The molecule has 0 saturated heterocycles. The summed E-state index contributed by atoms with van der Waals surface area (Å²) < 4.78 is 0. The van der Waals surface area contributed by atoms with Crippen LogP contribution in [0.2, 0.25) is 5.02 Å². The molecule has 0 bridgehead atoms. The van der Waals surface area contributed by atoms with E-state index in [0.29, 0.717) is 5.02 Å². The Morgan fingerprint density at radius 1 is 1.00 bits per heavy atom. The summed E-state index contributed by atoms with van der Waals surface area (Å²) in [6.07, 6.45) is 3.59. The molecule has 1 heterocycles. The largest absolute Gasteiger partial charge is 0.370 e. The molecule has 0 aliphatic carbocycles. The summed E-state index contributed by atoms with van der Waals surface area (Å²) in [7, 11) is 0. The zero-order valence-corrected chi connectivity index (χ0v) is 16.4. The van der Waals surface area contributed by atoms with Crippen molar-refractivity contribution in [3.63, 3.8) is 0 Å². The van der Waals surface area contributed by atoms with Crippen molar-refractivity contribution in [3.8, 4) is 0 Å². The average Bonchev–Trinajstić information content (AvgIpc) is 3.07. The topological polar surface area (TPSA) is 20.3 Å². The maximum atomic E-state index is 13.5. The maximum absolute atomic E-state index is 13.5. The lowest BCUT2D eigenvalue weighted by molar-refractivity contribution is 0.0966. The van der Waals surface area contributed by atoms with E-state index in [1.807, 2.05) is 42.5 Å². The number of carbonyl (C=O) groups excluding carboxylic acids is 1. The number of fused-ring (bicyclic) bond motifs is 2. The van der Waals surface area contributed by atoms with Crippen LogP contribution in [0.3, 0.4) is 0 Å². The number of unbranched alkanes of at least 4 members (excludes halogenated alkanes) is 2. The van der Waals surface area contributed by atoms with Gasteiger partial charge in [-0.15, -0.1) is 0 Å². The minimum absolute atomic E-state index is 0.118. The number of para-hydroxylation sites is 1. The molecule has 0 aromatic heterocycles. The molecule has 3 heteroatoms. The molecule has 0 saturated carbocycles. The van der Waals surface area contributed by atoms with Gasteiger partial charge in [-0.25, -0.2) is 0 Å². The Labute approximate surface area is 165 Å². The molecule has 0 N–H and O–H groups in total. The lowest BCUT2D eigenvalue weighted by Gasteiger charge is -2.19. The first-order valence-corrected chi connectivity index (χ1v) is 10.1. The normalized spacial score (nSPS) is 15.9. The molecule has 0 radical (unpaired) electrons. The summed E-state index contributed by atoms with van der Waals surface area (Å²) in [4.78, 5) is 15.9. The number of hydrogen-bond donors (Lipinski definition) is 0. The molecular weight excluding hydrogens is 354 g/mol. The van der Waals surface area contributed by atoms with Crippen molar-refractivity contribution in [3.05, 3.63) is 76.8 Å². The van der Waals surface area contributed by atoms with Gasteiger partial charge >= 0.3 is 0 Å². The Morgan fingerprint density at radius 3 is 2.56 bits per heavy atom. The number of nitrogens with zero attached hydrogens (tertiary/aromatic N) is 1. The fraction of sp³-hybridized carbons (Fsp3) is 0.292. The lowest BCUT2D eigenvalue weighted by Crippen LogP contribution is -2.25. The summed E-state index contributed by atoms with van der Waals surface area (Å²) in [6, 6.07) is 20.0. The van der Waals surface area contributed by atoms with E-state index >= 15 is 0 Å². The fourth-order valence-corrected chi connectivity index (χ4v) is 4.37. The van der Waals surface area contributed by atoms with Crippen LogP contribution in [0, 0.1) is 0 Å². The molecule has 27 heavy (non-hydrogen) atoms. The van der Waals surface area contributed by atoms with Crippen LogP contribution in [-0.2, 0) is 0 Å². The van der Waals surface area contributed by atoms with Gasteiger partial charge in [0.05, 0.1) is 5.92 Å². The molecular formula is C24H24ClNO. The Balaban J connectivity index is 1.70. The molecule has 138 valence electrons. The summed E-state index contributed by atoms with van der Waals surface area (Å²) in [6.45, 7) is 3.99. The predicted molar refractivity (Wildman–Crippen MR) is 114 cm³/mol. The quantitative estimate of drug-likeness (QED) is 0.362. The van der Waals surface area contributed by atoms with E-state index < -0.39 is 0 Å². The summed E-state index contributed by atoms with van der Waals surface area (Å²) in [5.74, 6) is 0.0701. The molecule has 3 aromatic carbocycles. The Bertz CT molecular complexity index is 981. The van der Waals surface area contributed by atoms with E-state index in [4.69, 9.17) is 11.6 Å². The van der Waals surface area contributed by atoms with Gasteiger partial charge in [0.25, 0.3) is 0 Å². The van der Waals surface area contributed by atoms with Crippen LogP contribution in [-0.4, -0.2) is 18.9 Å². The molecule has 4 rings (SSSR count). The van der Waals surface area contributed by atoms with E-state index in [9.17, 15) is 4.79 Å². The number of rotatable bonds is 6. The SMILES string of the molecule is CCCCCN1CC(C(=O)c2ccc(Cl)c3ccccc23)c2ccccc21. The monoisotopic (exact) mass is 377 g/mol. The maximum Gasteiger partial charge on any atom is 0.172 e. The highest BCUT2D eigenvalue weighted by Crippen LogP contribution is 2.39. The number of halogens is 1. The third-order valence-corrected chi connectivity index (χ3v) is 5.87. The van der Waals surface area contributed by atoms with Crippen molar-refractivity contribution in [1.82, 2.24) is 0 Å². The van der Waals surface area contributed by atoms with Crippen molar-refractivity contribution in [2.45, 2.75) is 32.1 Å². The zero-order valence-electron chi connectivity index (χ0n) is 15.6. The first-order valence-electron chi connectivity index (χ1n) is 9.76. The third kappa shape index (κ3) is 3.35. The van der Waals surface area contributed by atoms with Crippen LogP contribution >= 0.6 is 11.6 Å². The minimum atomic E-state index is -0.118. The second kappa shape index (κ2) is 7.74. The van der Waals surface area contributed by atoms with Gasteiger partial charge in [-0.2, -0.15) is 0 Å². The number of anilines is 1. The Hall–Kier alpha value is -2.32. The second-order valence-electron chi connectivity index (χ2n) is 7.27. The molecule has 0 fully saturated rings. The van der Waals surface area contributed by atoms with E-state index in [1.165, 1.54) is 18.5 Å². The van der Waals surface area contributed by atoms with Gasteiger partial charge in [-0.3, -0.25) is 4.79 Å². The van der Waals surface area contributed by atoms with Crippen molar-refractivity contribution in [2.75, 3.05) is 18.0 Å². The van der Waals surface area contributed by atoms with Crippen molar-refractivity contribution >= 4 is 33.8 Å². The number of Topliss-reactive ketones (excluding diaryl/α,β-unsaturated/α-hetero) is 1. The summed E-state index contributed by atoms with van der Waals surface area (Å²) in [5.41, 5.74) is 3.13. The predicted octanol–water partition coefficient (Wildman–Crippen LogP) is 6.47. The Kier molecular flexibility index (Phi) is 5.18. The molecule has 2 nitrogen and oxygen atoms in total. The van der Waals surface area contributed by atoms with E-state index in [2.05, 4.69) is 30.0 Å². The summed E-state index contributed by atoms with van der Waals surface area (Å²) in [5, 5.41) is 2.57. The van der Waals surface area contributed by atoms with Crippen molar-refractivity contribution < 1.29 is 4.79 Å². The summed E-state index contributed by atoms with van der Waals surface area (Å²) >= 11 is 6.35. The van der Waals surface area contributed by atoms with Gasteiger partial charge in [-0.1, -0.05) is 73.8 Å². The van der Waals surface area contributed by atoms with Crippen LogP contribution < -0.4 is 4.90 Å². The van der Waals surface area contributed by atoms with Crippen LogP contribution in [0.15, 0.2) is 60.7 Å². The zero-order chi connectivity index (χ0) is 18.8. The van der Waals surface area contributed by atoms with Gasteiger partial charge in [0.1, 0.15) is 0 Å². The average molecular weight is 378 g/mol. The van der Waals surface area contributed by atoms with Crippen LogP contribution in [0.1, 0.15) is 48.0 Å². The molecule has 0 amide bonds. The van der Waals surface area contributed by atoms with E-state index in [1.54, 1.807) is 0 Å². The van der Waals surface area contributed by atoms with Crippen molar-refractivity contribution in [2.24, 2.45) is 0 Å². The van der Waals surface area contributed by atoms with E-state index in [0.717, 1.165) is 41.4 Å². The number of hydrogen-bond acceptors (Lipinski definition) is 2. The van der Waals surface area contributed by atoms with Crippen molar-refractivity contribution in [1.29, 1.82) is 0 Å². The fourth-order valence-electron chi connectivity index (χ4n) is 4.14. The van der Waals surface area contributed by atoms with Crippen LogP contribution in [0.4, 0.5) is 5.69 Å². The Morgan fingerprint density at radius 2 is 1.74 bits per heavy atom. The highest BCUT2D eigenvalue weighted by molar-refractivity contribution is 6.36. The first-order chi connectivity index (χ1) is 13.2. The number of carbonyl (C=O) groups is 1. The van der Waals surface area contributed by atoms with Gasteiger partial charge < -0.3 is 4.90 Å². The standard InChI is InChI=1S/C24H24ClNO/c1-2-3-8-15-26-16-21(19-11-6-7-12-23(19)26)24(27)20-13-14-22(25)18-10-5-4-9-17(18)20/h4-7,9-14,21H,2-3,8,15-16H2,1H3. The van der Waals surface area contributed by atoms with Gasteiger partial charge in [0.15, 0.2) is 5.78 Å². The molecule has 3 aromatic rings. The number of ketones is 1. The molecule has 1 unspecified atom stereocenters. The highest BCUT2D eigenvalue weighted by atomic mass is 35.5. The van der Waals surface area contributed by atoms with Gasteiger partial charge in [0.2, 0.25) is 0 Å². The molecule has 1 atom stereocenters. The van der Waals surface area contributed by atoms with E-state index in [-0.39, 0.29) is 11.7 Å². The van der Waals surface area contributed by atoms with Crippen LogP contribution in [0.25, 0.3) is 10.8 Å². The molecule has 0 spiro atoms. The minimum Gasteiger partial charge on any atom is -0.370 e.